The predicted molar refractivity (Wildman–Crippen MR) is 41.6 cm³/mol. The highest BCUT2D eigenvalue weighted by atomic mass is 35.5. The summed E-state index contributed by atoms with van der Waals surface area (Å²) in [5.74, 6) is -0.583. The van der Waals surface area contributed by atoms with Crippen molar-refractivity contribution in [3.63, 3.8) is 0 Å². The number of nitrogens with one attached hydrogen (secondary N) is 1. The first-order valence-corrected chi connectivity index (χ1v) is 3.80. The summed E-state index contributed by atoms with van der Waals surface area (Å²) in [6.45, 7) is -0.458. The van der Waals surface area contributed by atoms with Crippen molar-refractivity contribution in [3.05, 3.63) is 0 Å². The Labute approximate surface area is 74.1 Å². The largest absolute Gasteiger partial charge is 0.394 e. The number of hydrogen-bond donors (Lipinski definition) is 3. The van der Waals surface area contributed by atoms with E-state index in [1.807, 2.05) is 0 Å². The lowest BCUT2D eigenvalue weighted by Gasteiger charge is -2.08. The summed E-state index contributed by atoms with van der Waals surface area (Å²) in [5, 5.41) is 19.3. The summed E-state index contributed by atoms with van der Waals surface area (Å²) >= 11 is 10.3. The monoisotopic (exact) mass is 201 g/mol. The van der Waals surface area contributed by atoms with Crippen LogP contribution < -0.4 is 5.32 Å². The van der Waals surface area contributed by atoms with Crippen LogP contribution in [-0.2, 0) is 4.79 Å². The normalized spacial score (nSPS) is 13.2. The Kier molecular flexibility index (Phi) is 5.58. The van der Waals surface area contributed by atoms with E-state index in [0.29, 0.717) is 0 Å². The predicted octanol–water partition coefficient (Wildman–Crippen LogP) is -0.740. The fraction of sp³-hybridized carbons (Fsp3) is 0.800. The van der Waals surface area contributed by atoms with Gasteiger partial charge < -0.3 is 15.5 Å². The molecular weight excluding hydrogens is 193 g/mol. The Morgan fingerprint density at radius 1 is 1.55 bits per heavy atom. The fourth-order valence-corrected chi connectivity index (χ4v) is 0.514. The van der Waals surface area contributed by atoms with Gasteiger partial charge in [-0.3, -0.25) is 4.79 Å². The number of aliphatic hydroxyl groups is 2. The molecule has 3 N–H and O–H groups in total. The van der Waals surface area contributed by atoms with E-state index in [1.54, 1.807) is 0 Å². The molecule has 0 fully saturated rings. The summed E-state index contributed by atoms with van der Waals surface area (Å²) < 4.78 is 0. The second-order valence-electron chi connectivity index (χ2n) is 1.88. The number of rotatable bonds is 4. The van der Waals surface area contributed by atoms with Crippen LogP contribution in [0.2, 0.25) is 0 Å². The van der Waals surface area contributed by atoms with Gasteiger partial charge in [-0.05, 0) is 0 Å². The van der Waals surface area contributed by atoms with Gasteiger partial charge in [-0.15, -0.1) is 0 Å². The van der Waals surface area contributed by atoms with Crippen molar-refractivity contribution >= 4 is 29.1 Å². The van der Waals surface area contributed by atoms with Crippen LogP contribution >= 0.6 is 23.2 Å². The SMILES string of the molecule is O=C(NCC(O)CO)C(Cl)Cl. The molecule has 0 spiro atoms. The highest BCUT2D eigenvalue weighted by molar-refractivity contribution is 6.53. The lowest BCUT2D eigenvalue weighted by molar-refractivity contribution is -0.120. The van der Waals surface area contributed by atoms with Gasteiger partial charge in [0, 0.05) is 6.54 Å². The number of carbonyl (C=O) groups excluding carboxylic acids is 1. The summed E-state index contributed by atoms with van der Waals surface area (Å²) in [5.41, 5.74) is 0. The van der Waals surface area contributed by atoms with Crippen molar-refractivity contribution in [2.45, 2.75) is 10.9 Å². The first kappa shape index (κ1) is 11.0. The van der Waals surface area contributed by atoms with Crippen molar-refractivity contribution in [2.24, 2.45) is 0 Å². The zero-order valence-corrected chi connectivity index (χ0v) is 7.14. The van der Waals surface area contributed by atoms with E-state index < -0.39 is 23.5 Å². The maximum absolute atomic E-state index is 10.6. The van der Waals surface area contributed by atoms with Crippen molar-refractivity contribution in [3.8, 4) is 0 Å². The van der Waals surface area contributed by atoms with Gasteiger partial charge in [0.05, 0.1) is 12.7 Å². The van der Waals surface area contributed by atoms with Crippen molar-refractivity contribution in [1.29, 1.82) is 0 Å². The van der Waals surface area contributed by atoms with Crippen LogP contribution in [0.5, 0.6) is 0 Å². The van der Waals surface area contributed by atoms with E-state index in [1.165, 1.54) is 0 Å². The van der Waals surface area contributed by atoms with Gasteiger partial charge >= 0.3 is 0 Å². The molecule has 0 saturated carbocycles. The van der Waals surface area contributed by atoms with Gasteiger partial charge in [-0.2, -0.15) is 0 Å². The van der Waals surface area contributed by atoms with Crippen molar-refractivity contribution < 1.29 is 15.0 Å². The second-order valence-corrected chi connectivity index (χ2v) is 2.98. The molecule has 0 aliphatic rings. The van der Waals surface area contributed by atoms with Crippen LogP contribution in [-0.4, -0.2) is 40.2 Å². The highest BCUT2D eigenvalue weighted by Gasteiger charge is 2.11. The quantitative estimate of drug-likeness (QED) is 0.526. The van der Waals surface area contributed by atoms with Crippen LogP contribution in [0.3, 0.4) is 0 Å². The Morgan fingerprint density at radius 2 is 2.09 bits per heavy atom. The molecule has 0 rings (SSSR count). The topological polar surface area (TPSA) is 69.6 Å². The average molecular weight is 202 g/mol. The smallest absolute Gasteiger partial charge is 0.253 e. The summed E-state index contributed by atoms with van der Waals surface area (Å²) in [4.78, 5) is 9.46. The molecular formula is C5H9Cl2NO3. The molecule has 1 unspecified atom stereocenters. The van der Waals surface area contributed by atoms with Crippen LogP contribution in [0.15, 0.2) is 0 Å². The zero-order valence-electron chi connectivity index (χ0n) is 5.63. The highest BCUT2D eigenvalue weighted by Crippen LogP contribution is 1.99. The molecule has 0 aliphatic carbocycles. The number of amides is 1. The van der Waals surface area contributed by atoms with E-state index >= 15 is 0 Å². The number of alkyl halides is 2. The molecule has 0 radical (unpaired) electrons. The van der Waals surface area contributed by atoms with Gasteiger partial charge in [0.25, 0.3) is 5.91 Å². The third-order valence-electron chi connectivity index (χ3n) is 0.921. The number of halogens is 2. The lowest BCUT2D eigenvalue weighted by atomic mass is 10.4. The van der Waals surface area contributed by atoms with Crippen molar-refractivity contribution in [2.75, 3.05) is 13.2 Å². The molecule has 0 bridgehead atoms. The number of aliphatic hydroxyl groups excluding tert-OH is 2. The standard InChI is InChI=1S/C5H9Cl2NO3/c6-4(7)5(11)8-1-3(10)2-9/h3-4,9-10H,1-2H2,(H,8,11). The second kappa shape index (κ2) is 5.60. The average Bonchev–Trinajstić information content (AvgIpc) is 1.99. The maximum atomic E-state index is 10.6. The van der Waals surface area contributed by atoms with E-state index in [-0.39, 0.29) is 6.54 Å². The molecule has 0 heterocycles. The Balaban J connectivity index is 3.46. The summed E-state index contributed by atoms with van der Waals surface area (Å²) in [6.07, 6.45) is -0.967. The number of carbonyl (C=O) groups is 1. The molecule has 0 saturated heterocycles. The Morgan fingerprint density at radius 3 is 2.45 bits per heavy atom. The molecule has 4 nitrogen and oxygen atoms in total. The molecule has 0 aromatic carbocycles. The molecule has 66 valence electrons. The summed E-state index contributed by atoms with van der Waals surface area (Å²) in [6, 6.07) is 0. The van der Waals surface area contributed by atoms with Gasteiger partial charge in [0.1, 0.15) is 0 Å². The third kappa shape index (κ3) is 5.26. The molecule has 6 heteroatoms. The first-order valence-electron chi connectivity index (χ1n) is 2.92. The van der Waals surface area contributed by atoms with E-state index in [0.717, 1.165) is 0 Å². The van der Waals surface area contributed by atoms with Crippen LogP contribution in [0, 0.1) is 0 Å². The van der Waals surface area contributed by atoms with Crippen LogP contribution in [0.1, 0.15) is 0 Å². The Hall–Kier alpha value is -0.0300. The van der Waals surface area contributed by atoms with E-state index in [9.17, 15) is 4.79 Å². The van der Waals surface area contributed by atoms with E-state index in [4.69, 9.17) is 33.4 Å². The van der Waals surface area contributed by atoms with Crippen LogP contribution in [0.25, 0.3) is 0 Å². The van der Waals surface area contributed by atoms with Crippen molar-refractivity contribution in [1.82, 2.24) is 5.32 Å². The fourth-order valence-electron chi connectivity index (χ4n) is 0.360. The minimum atomic E-state index is -1.14. The molecule has 1 atom stereocenters. The number of hydrogen-bond acceptors (Lipinski definition) is 3. The van der Waals surface area contributed by atoms with Gasteiger partial charge in [-0.25, -0.2) is 0 Å². The Bertz CT molecular complexity index is 131. The first-order chi connectivity index (χ1) is 5.07. The maximum Gasteiger partial charge on any atom is 0.253 e. The van der Waals surface area contributed by atoms with E-state index in [2.05, 4.69) is 5.32 Å². The van der Waals surface area contributed by atoms with Gasteiger partial charge in [0.15, 0.2) is 4.84 Å². The molecule has 0 aromatic heterocycles. The third-order valence-corrected chi connectivity index (χ3v) is 1.32. The molecule has 0 aromatic rings. The van der Waals surface area contributed by atoms with Crippen LogP contribution in [0.4, 0.5) is 0 Å². The minimum absolute atomic E-state index is 0.0503. The molecule has 11 heavy (non-hydrogen) atoms. The molecule has 1 amide bonds. The summed E-state index contributed by atoms with van der Waals surface area (Å²) in [7, 11) is 0. The lowest BCUT2D eigenvalue weighted by Crippen LogP contribution is -2.36. The van der Waals surface area contributed by atoms with Gasteiger partial charge in [-0.1, -0.05) is 23.2 Å². The minimum Gasteiger partial charge on any atom is -0.394 e. The zero-order chi connectivity index (χ0) is 8.85. The van der Waals surface area contributed by atoms with Gasteiger partial charge in [0.2, 0.25) is 0 Å². The molecule has 0 aliphatic heterocycles.